The van der Waals surface area contributed by atoms with Gasteiger partial charge in [-0.3, -0.25) is 0 Å². The summed E-state index contributed by atoms with van der Waals surface area (Å²) in [6.07, 6.45) is 1.92. The molecule has 1 rings (SSSR count). The van der Waals surface area contributed by atoms with Crippen LogP contribution < -0.4 is 0 Å². The molecule has 0 heteroatoms. The predicted octanol–water partition coefficient (Wildman–Crippen LogP) is 3.75. The van der Waals surface area contributed by atoms with Crippen molar-refractivity contribution in [3.8, 4) is 0 Å². The maximum absolute atomic E-state index is 7.82. The second-order valence-corrected chi connectivity index (χ2v) is 3.95. The number of hydrogen-bond donors (Lipinski definition) is 0. The topological polar surface area (TPSA) is 0 Å². The maximum Gasteiger partial charge on any atom is 0.0582 e. The van der Waals surface area contributed by atoms with Crippen LogP contribution >= 0.6 is 0 Å². The lowest BCUT2D eigenvalue weighted by Gasteiger charge is -2.10. The van der Waals surface area contributed by atoms with Crippen LogP contribution in [0.3, 0.4) is 0 Å². The zero-order valence-electron chi connectivity index (χ0n) is 8.96. The Kier molecular flexibility index (Phi) is 2.26. The molecular formula is C12H16. The standard InChI is InChI=1S/C12H16/c1-12(2,3)10-9-11-7-5-4-6-8-11/h4-10H,1-3H3/i10D. The number of allylic oxidation sites excluding steroid dienone is 1. The molecule has 0 saturated carbocycles. The van der Waals surface area contributed by atoms with Crippen molar-refractivity contribution in [1.82, 2.24) is 0 Å². The summed E-state index contributed by atoms with van der Waals surface area (Å²) < 4.78 is 7.82. The zero-order valence-corrected chi connectivity index (χ0v) is 7.96. The molecule has 0 heterocycles. The number of rotatable bonds is 1. The lowest BCUT2D eigenvalue weighted by Crippen LogP contribution is -1.97. The second-order valence-electron chi connectivity index (χ2n) is 3.95. The van der Waals surface area contributed by atoms with Gasteiger partial charge < -0.3 is 0 Å². The van der Waals surface area contributed by atoms with Crippen LogP contribution in [0.25, 0.3) is 6.08 Å². The first-order chi connectivity index (χ1) is 6.00. The van der Waals surface area contributed by atoms with Crippen molar-refractivity contribution < 1.29 is 1.37 Å². The fraction of sp³-hybridized carbons (Fsp3) is 0.333. The van der Waals surface area contributed by atoms with Gasteiger partial charge in [-0.2, -0.15) is 0 Å². The molecule has 0 bridgehead atoms. The van der Waals surface area contributed by atoms with Crippen molar-refractivity contribution >= 4 is 6.08 Å². The van der Waals surface area contributed by atoms with Crippen LogP contribution in [-0.2, 0) is 0 Å². The molecule has 0 unspecified atom stereocenters. The average Bonchev–Trinajstić information content (AvgIpc) is 2.04. The van der Waals surface area contributed by atoms with Gasteiger partial charge in [0.15, 0.2) is 0 Å². The van der Waals surface area contributed by atoms with Gasteiger partial charge in [0.25, 0.3) is 0 Å². The smallest absolute Gasteiger partial charge is 0.0582 e. The molecule has 0 aliphatic heterocycles. The summed E-state index contributed by atoms with van der Waals surface area (Å²) in [7, 11) is 0. The summed E-state index contributed by atoms with van der Waals surface area (Å²) in [6.45, 7) is 6.15. The highest BCUT2D eigenvalue weighted by Crippen LogP contribution is 2.16. The lowest BCUT2D eigenvalue weighted by atomic mass is 9.95. The molecule has 0 nitrogen and oxygen atoms in total. The van der Waals surface area contributed by atoms with Gasteiger partial charge in [-0.1, -0.05) is 63.2 Å². The van der Waals surface area contributed by atoms with E-state index in [1.807, 2.05) is 36.4 Å². The molecule has 0 amide bonds. The maximum atomic E-state index is 7.82. The summed E-state index contributed by atoms with van der Waals surface area (Å²) in [4.78, 5) is 0. The van der Waals surface area contributed by atoms with Gasteiger partial charge >= 0.3 is 0 Å². The Morgan fingerprint density at radius 2 is 1.75 bits per heavy atom. The van der Waals surface area contributed by atoms with E-state index in [-0.39, 0.29) is 5.41 Å². The summed E-state index contributed by atoms with van der Waals surface area (Å²) in [5.74, 6) is 0. The monoisotopic (exact) mass is 161 g/mol. The normalized spacial score (nSPS) is 14.2. The van der Waals surface area contributed by atoms with Crippen molar-refractivity contribution in [1.29, 1.82) is 0 Å². The summed E-state index contributed by atoms with van der Waals surface area (Å²) in [5, 5.41) is 0. The highest BCUT2D eigenvalue weighted by molar-refractivity contribution is 5.49. The predicted molar refractivity (Wildman–Crippen MR) is 54.9 cm³/mol. The Morgan fingerprint density at radius 3 is 2.25 bits per heavy atom. The van der Waals surface area contributed by atoms with Crippen LogP contribution in [0, 0.1) is 5.41 Å². The third kappa shape index (κ3) is 3.38. The highest BCUT2D eigenvalue weighted by atomic mass is 14.1. The molecule has 0 atom stereocenters. The Bertz CT molecular complexity index is 291. The fourth-order valence-electron chi connectivity index (χ4n) is 0.849. The molecule has 0 spiro atoms. The number of hydrogen-bond acceptors (Lipinski definition) is 0. The van der Waals surface area contributed by atoms with E-state index in [2.05, 4.69) is 20.8 Å². The highest BCUT2D eigenvalue weighted by Gasteiger charge is 2.02. The van der Waals surface area contributed by atoms with Crippen LogP contribution in [0.15, 0.2) is 36.4 Å². The first-order valence-electron chi connectivity index (χ1n) is 4.74. The lowest BCUT2D eigenvalue weighted by molar-refractivity contribution is 0.547. The van der Waals surface area contributed by atoms with Crippen LogP contribution in [0.4, 0.5) is 0 Å². The summed E-state index contributed by atoms with van der Waals surface area (Å²) in [5.41, 5.74) is 1.04. The molecule has 0 saturated heterocycles. The molecule has 1 aromatic rings. The van der Waals surface area contributed by atoms with Crippen molar-refractivity contribution in [3.05, 3.63) is 41.9 Å². The van der Waals surface area contributed by atoms with Gasteiger partial charge in [-0.05, 0) is 11.0 Å². The molecule has 0 radical (unpaired) electrons. The minimum absolute atomic E-state index is 0.0597. The average molecular weight is 161 g/mol. The van der Waals surface area contributed by atoms with Crippen molar-refractivity contribution in [2.24, 2.45) is 5.41 Å². The van der Waals surface area contributed by atoms with Crippen LogP contribution in [0.1, 0.15) is 27.7 Å². The van der Waals surface area contributed by atoms with Crippen LogP contribution in [-0.4, -0.2) is 0 Å². The van der Waals surface area contributed by atoms with Crippen molar-refractivity contribution in [2.75, 3.05) is 0 Å². The Hall–Kier alpha value is -1.04. The molecule has 0 N–H and O–H groups in total. The minimum Gasteiger partial charge on any atom is -0.0785 e. The van der Waals surface area contributed by atoms with E-state index in [0.29, 0.717) is 6.05 Å². The van der Waals surface area contributed by atoms with Crippen molar-refractivity contribution in [2.45, 2.75) is 20.8 Å². The number of benzene rings is 1. The molecule has 0 fully saturated rings. The van der Waals surface area contributed by atoms with E-state index < -0.39 is 0 Å². The van der Waals surface area contributed by atoms with E-state index in [4.69, 9.17) is 1.37 Å². The zero-order chi connectivity index (χ0) is 9.90. The van der Waals surface area contributed by atoms with Crippen molar-refractivity contribution in [3.63, 3.8) is 0 Å². The van der Waals surface area contributed by atoms with E-state index in [1.54, 1.807) is 0 Å². The van der Waals surface area contributed by atoms with Gasteiger partial charge in [0.1, 0.15) is 0 Å². The SMILES string of the molecule is [2H]C(=Cc1ccccc1)C(C)(C)C. The molecule has 64 valence electrons. The third-order valence-electron chi connectivity index (χ3n) is 1.47. The quantitative estimate of drug-likeness (QED) is 0.588. The van der Waals surface area contributed by atoms with Gasteiger partial charge in [0, 0.05) is 0 Å². The molecular weight excluding hydrogens is 144 g/mol. The molecule has 12 heavy (non-hydrogen) atoms. The fourth-order valence-corrected chi connectivity index (χ4v) is 0.849. The van der Waals surface area contributed by atoms with Gasteiger partial charge in [0.2, 0.25) is 0 Å². The first kappa shape index (κ1) is 7.60. The molecule has 0 aliphatic rings. The first-order valence-corrected chi connectivity index (χ1v) is 4.24. The van der Waals surface area contributed by atoms with Gasteiger partial charge in [-0.15, -0.1) is 0 Å². The van der Waals surface area contributed by atoms with E-state index in [0.717, 1.165) is 5.56 Å². The molecule has 0 aliphatic carbocycles. The van der Waals surface area contributed by atoms with Gasteiger partial charge in [-0.25, -0.2) is 0 Å². The van der Waals surface area contributed by atoms with Gasteiger partial charge in [0.05, 0.1) is 1.37 Å². The molecule has 1 aromatic carbocycles. The third-order valence-corrected chi connectivity index (χ3v) is 1.47. The Labute approximate surface area is 76.3 Å². The van der Waals surface area contributed by atoms with Crippen LogP contribution in [0.5, 0.6) is 0 Å². The summed E-state index contributed by atoms with van der Waals surface area (Å²) >= 11 is 0. The van der Waals surface area contributed by atoms with E-state index in [1.165, 1.54) is 0 Å². The minimum atomic E-state index is -0.0597. The Morgan fingerprint density at radius 1 is 1.17 bits per heavy atom. The van der Waals surface area contributed by atoms with Crippen LogP contribution in [0.2, 0.25) is 0 Å². The Balaban J connectivity index is 2.90. The van der Waals surface area contributed by atoms with E-state index >= 15 is 0 Å². The summed E-state index contributed by atoms with van der Waals surface area (Å²) in [6, 6.07) is 10.7. The van der Waals surface area contributed by atoms with E-state index in [9.17, 15) is 0 Å². The second kappa shape index (κ2) is 3.57. The largest absolute Gasteiger partial charge is 0.0785 e. The molecule has 0 aromatic heterocycles.